The minimum Gasteiger partial charge on any atom is -0.508 e. The number of rotatable bonds is 4. The summed E-state index contributed by atoms with van der Waals surface area (Å²) in [4.78, 5) is 1.17. The molecule has 0 saturated carbocycles. The molecule has 0 amide bonds. The molecule has 0 aliphatic heterocycles. The molecule has 3 nitrogen and oxygen atoms in total. The Morgan fingerprint density at radius 1 is 1.14 bits per heavy atom. The molecular weight excluding hydrogens is 280 g/mol. The molecule has 21 heavy (non-hydrogen) atoms. The second-order valence-electron chi connectivity index (χ2n) is 4.85. The van der Waals surface area contributed by atoms with Crippen LogP contribution in [0.5, 0.6) is 5.75 Å². The summed E-state index contributed by atoms with van der Waals surface area (Å²) >= 11 is 1.77. The molecule has 3 aromatic rings. The van der Waals surface area contributed by atoms with E-state index < -0.39 is 0 Å². The van der Waals surface area contributed by atoms with Gasteiger partial charge in [-0.2, -0.15) is 5.10 Å². The Balaban J connectivity index is 1.66. The lowest BCUT2D eigenvalue weighted by atomic mass is 10.2. The Morgan fingerprint density at radius 2 is 1.95 bits per heavy atom. The van der Waals surface area contributed by atoms with E-state index in [9.17, 15) is 5.11 Å². The van der Waals surface area contributed by atoms with Crippen molar-refractivity contribution in [1.29, 1.82) is 0 Å². The lowest BCUT2D eigenvalue weighted by Gasteiger charge is -2.06. The quantitative estimate of drug-likeness (QED) is 0.734. The summed E-state index contributed by atoms with van der Waals surface area (Å²) in [5.74, 6) is 1.26. The van der Waals surface area contributed by atoms with Crippen molar-refractivity contribution in [2.75, 3.05) is 0 Å². The summed E-state index contributed by atoms with van der Waals surface area (Å²) in [5.41, 5.74) is 3.24. The summed E-state index contributed by atoms with van der Waals surface area (Å²) in [7, 11) is 0. The Bertz CT molecular complexity index is 721. The van der Waals surface area contributed by atoms with Crippen molar-refractivity contribution in [3.05, 3.63) is 72.1 Å². The van der Waals surface area contributed by atoms with Gasteiger partial charge in [0.1, 0.15) is 5.75 Å². The monoisotopic (exact) mass is 296 g/mol. The van der Waals surface area contributed by atoms with Gasteiger partial charge in [-0.3, -0.25) is 0 Å². The molecule has 1 aromatic heterocycles. The van der Waals surface area contributed by atoms with Gasteiger partial charge in [0.2, 0.25) is 0 Å². The lowest BCUT2D eigenvalue weighted by molar-refractivity contribution is 0.470. The van der Waals surface area contributed by atoms with Gasteiger partial charge in [-0.15, -0.1) is 11.8 Å². The van der Waals surface area contributed by atoms with Crippen LogP contribution in [0.1, 0.15) is 11.1 Å². The molecule has 2 aromatic carbocycles. The minimum atomic E-state index is 0.350. The van der Waals surface area contributed by atoms with Crippen LogP contribution >= 0.6 is 11.8 Å². The Hall–Kier alpha value is -2.20. The van der Waals surface area contributed by atoms with Crippen molar-refractivity contribution >= 4 is 11.8 Å². The third-order valence-corrected chi connectivity index (χ3v) is 4.34. The second-order valence-corrected chi connectivity index (χ2v) is 5.90. The van der Waals surface area contributed by atoms with Gasteiger partial charge in [-0.05, 0) is 54.4 Å². The molecule has 4 heteroatoms. The van der Waals surface area contributed by atoms with E-state index in [0.717, 1.165) is 17.0 Å². The third kappa shape index (κ3) is 3.28. The molecule has 0 spiro atoms. The summed E-state index contributed by atoms with van der Waals surface area (Å²) < 4.78 is 1.85. The highest BCUT2D eigenvalue weighted by Gasteiger charge is 2.01. The molecule has 0 unspecified atom stereocenters. The van der Waals surface area contributed by atoms with Gasteiger partial charge >= 0.3 is 0 Å². The van der Waals surface area contributed by atoms with Gasteiger partial charge in [0.15, 0.2) is 0 Å². The number of benzene rings is 2. The largest absolute Gasteiger partial charge is 0.508 e. The molecule has 0 fully saturated rings. The first kappa shape index (κ1) is 13.8. The first-order chi connectivity index (χ1) is 10.2. The fourth-order valence-corrected chi connectivity index (χ4v) is 3.00. The molecule has 0 saturated heterocycles. The number of aromatic hydroxyl groups is 1. The number of hydrogen-bond acceptors (Lipinski definition) is 3. The predicted octanol–water partition coefficient (Wildman–Crippen LogP) is 4.18. The molecule has 0 atom stereocenters. The number of aryl methyl sites for hydroxylation is 1. The summed E-state index contributed by atoms with van der Waals surface area (Å²) in [5, 5.41) is 13.7. The number of aromatic nitrogens is 2. The van der Waals surface area contributed by atoms with E-state index in [0.29, 0.717) is 5.75 Å². The molecule has 0 aliphatic rings. The molecule has 106 valence electrons. The maximum atomic E-state index is 9.53. The van der Waals surface area contributed by atoms with Gasteiger partial charge in [0.05, 0.1) is 5.69 Å². The number of nitrogens with zero attached hydrogens (tertiary/aromatic N) is 2. The van der Waals surface area contributed by atoms with Gasteiger partial charge in [-0.1, -0.05) is 12.1 Å². The molecule has 1 heterocycles. The van der Waals surface area contributed by atoms with Crippen molar-refractivity contribution in [2.45, 2.75) is 17.6 Å². The van der Waals surface area contributed by atoms with E-state index in [4.69, 9.17) is 0 Å². The van der Waals surface area contributed by atoms with E-state index in [2.05, 4.69) is 29.4 Å². The average molecular weight is 296 g/mol. The first-order valence-corrected chi connectivity index (χ1v) is 7.72. The Labute approximate surface area is 128 Å². The lowest BCUT2D eigenvalue weighted by Crippen LogP contribution is -1.93. The van der Waals surface area contributed by atoms with Crippen molar-refractivity contribution in [3.63, 3.8) is 0 Å². The predicted molar refractivity (Wildman–Crippen MR) is 86.0 cm³/mol. The van der Waals surface area contributed by atoms with Crippen LogP contribution in [-0.4, -0.2) is 14.9 Å². The number of hydrogen-bond donors (Lipinski definition) is 1. The van der Waals surface area contributed by atoms with Crippen molar-refractivity contribution in [2.24, 2.45) is 0 Å². The summed E-state index contributed by atoms with van der Waals surface area (Å²) in [6.07, 6.45) is 3.71. The van der Waals surface area contributed by atoms with Crippen LogP contribution in [0.2, 0.25) is 0 Å². The number of phenolic OH excluding ortho intramolecular Hbond substituents is 1. The van der Waals surface area contributed by atoms with Crippen molar-refractivity contribution < 1.29 is 5.11 Å². The molecule has 0 aliphatic carbocycles. The SMILES string of the molecule is Cc1cc(SCc2ccc(-n3cccn3)cc2)ccc1O. The van der Waals surface area contributed by atoms with Crippen LogP contribution in [0, 0.1) is 6.92 Å². The van der Waals surface area contributed by atoms with E-state index in [1.807, 2.05) is 36.0 Å². The van der Waals surface area contributed by atoms with Crippen LogP contribution in [0.3, 0.4) is 0 Å². The minimum absolute atomic E-state index is 0.350. The third-order valence-electron chi connectivity index (χ3n) is 3.28. The van der Waals surface area contributed by atoms with Crippen molar-refractivity contribution in [1.82, 2.24) is 9.78 Å². The van der Waals surface area contributed by atoms with Crippen molar-refractivity contribution in [3.8, 4) is 11.4 Å². The number of thioether (sulfide) groups is 1. The second kappa shape index (κ2) is 6.06. The van der Waals surface area contributed by atoms with Crippen LogP contribution in [0.25, 0.3) is 5.69 Å². The smallest absolute Gasteiger partial charge is 0.118 e. The maximum absolute atomic E-state index is 9.53. The van der Waals surface area contributed by atoms with Gasteiger partial charge in [0, 0.05) is 23.0 Å². The Kier molecular flexibility index (Phi) is 3.97. The van der Waals surface area contributed by atoms with Gasteiger partial charge < -0.3 is 5.11 Å². The van der Waals surface area contributed by atoms with Gasteiger partial charge in [-0.25, -0.2) is 4.68 Å². The molecular formula is C17H16N2OS. The van der Waals surface area contributed by atoms with Crippen LogP contribution < -0.4 is 0 Å². The van der Waals surface area contributed by atoms with Crippen LogP contribution in [-0.2, 0) is 5.75 Å². The van der Waals surface area contributed by atoms with E-state index in [1.165, 1.54) is 10.5 Å². The zero-order valence-corrected chi connectivity index (χ0v) is 12.5. The molecule has 3 rings (SSSR count). The highest BCUT2D eigenvalue weighted by molar-refractivity contribution is 7.98. The normalized spacial score (nSPS) is 10.7. The highest BCUT2D eigenvalue weighted by atomic mass is 32.2. The fraction of sp³-hybridized carbons (Fsp3) is 0.118. The first-order valence-electron chi connectivity index (χ1n) is 6.74. The summed E-state index contributed by atoms with van der Waals surface area (Å²) in [6.45, 7) is 1.91. The standard InChI is InChI=1S/C17H16N2OS/c1-13-11-16(7-8-17(13)20)21-12-14-3-5-15(6-4-14)19-10-2-9-18-19/h2-11,20H,12H2,1H3. The fourth-order valence-electron chi connectivity index (χ4n) is 2.05. The molecule has 1 N–H and O–H groups in total. The van der Waals surface area contributed by atoms with E-state index in [1.54, 1.807) is 24.0 Å². The zero-order chi connectivity index (χ0) is 14.7. The maximum Gasteiger partial charge on any atom is 0.118 e. The molecule has 0 bridgehead atoms. The summed E-state index contributed by atoms with van der Waals surface area (Å²) in [6, 6.07) is 16.0. The number of phenols is 1. The Morgan fingerprint density at radius 3 is 2.62 bits per heavy atom. The van der Waals surface area contributed by atoms with E-state index in [-0.39, 0.29) is 0 Å². The van der Waals surface area contributed by atoms with Crippen LogP contribution in [0.4, 0.5) is 0 Å². The average Bonchev–Trinajstić information content (AvgIpc) is 3.03. The zero-order valence-electron chi connectivity index (χ0n) is 11.7. The van der Waals surface area contributed by atoms with Crippen LogP contribution in [0.15, 0.2) is 65.8 Å². The topological polar surface area (TPSA) is 38.0 Å². The van der Waals surface area contributed by atoms with Gasteiger partial charge in [0.25, 0.3) is 0 Å². The van der Waals surface area contributed by atoms with E-state index >= 15 is 0 Å². The highest BCUT2D eigenvalue weighted by Crippen LogP contribution is 2.27. The molecule has 0 radical (unpaired) electrons.